The Balaban J connectivity index is 1.51. The molecule has 8 heteroatoms. The summed E-state index contributed by atoms with van der Waals surface area (Å²) in [5.41, 5.74) is 3.37. The molecule has 0 atom stereocenters. The molecule has 33 heavy (non-hydrogen) atoms. The highest BCUT2D eigenvalue weighted by Gasteiger charge is 2.28. The summed E-state index contributed by atoms with van der Waals surface area (Å²) >= 11 is 6.32. The van der Waals surface area contributed by atoms with Gasteiger partial charge in [0.1, 0.15) is 0 Å². The third-order valence-electron chi connectivity index (χ3n) is 6.58. The van der Waals surface area contributed by atoms with Gasteiger partial charge >= 0.3 is 0 Å². The van der Waals surface area contributed by atoms with E-state index in [1.807, 2.05) is 17.9 Å². The summed E-state index contributed by atoms with van der Waals surface area (Å²) in [5, 5.41) is 7.43. The first-order valence-electron chi connectivity index (χ1n) is 11.4. The number of rotatable bonds is 4. The molecule has 0 bridgehead atoms. The quantitative estimate of drug-likeness (QED) is 0.729. The van der Waals surface area contributed by atoms with Crippen LogP contribution in [0.15, 0.2) is 34.8 Å². The van der Waals surface area contributed by atoms with Crippen LogP contribution in [0.5, 0.6) is 0 Å². The molecule has 0 spiro atoms. The molecule has 1 saturated carbocycles. The molecule has 4 rings (SSSR count). The van der Waals surface area contributed by atoms with Gasteiger partial charge in [-0.25, -0.2) is 4.68 Å². The van der Waals surface area contributed by atoms with E-state index >= 15 is 0 Å². The average molecular weight is 469 g/mol. The van der Waals surface area contributed by atoms with Gasteiger partial charge in [0, 0.05) is 37.1 Å². The topological polar surface area (TPSA) is 84.3 Å². The highest BCUT2D eigenvalue weighted by atomic mass is 35.5. The van der Waals surface area contributed by atoms with Crippen molar-refractivity contribution in [3.05, 3.63) is 62.0 Å². The monoisotopic (exact) mass is 468 g/mol. The first kappa shape index (κ1) is 23.2. The Labute approximate surface area is 198 Å². The van der Waals surface area contributed by atoms with Gasteiger partial charge in [0.25, 0.3) is 11.5 Å². The molecule has 1 aliphatic heterocycles. The maximum Gasteiger partial charge on any atom is 0.267 e. The number of piperidine rings is 1. The largest absolute Gasteiger partial charge is 0.342 e. The first-order chi connectivity index (χ1) is 15.8. The molecule has 2 heterocycles. The van der Waals surface area contributed by atoms with Gasteiger partial charge in [-0.2, -0.15) is 5.10 Å². The SMILES string of the molecule is Cc1cc(Cl)cc(C=C2CCN(C(=O)C3CCCC3)CC2)c1NC(=O)c1cnn(C)c(=O)c1. The fraction of sp³-hybridized carbons (Fsp3) is 0.440. The van der Waals surface area contributed by atoms with Crippen LogP contribution in [0.3, 0.4) is 0 Å². The van der Waals surface area contributed by atoms with Crippen LogP contribution in [0.25, 0.3) is 6.08 Å². The summed E-state index contributed by atoms with van der Waals surface area (Å²) < 4.78 is 1.17. The molecular weight excluding hydrogens is 440 g/mol. The van der Waals surface area contributed by atoms with Crippen molar-refractivity contribution in [2.45, 2.75) is 45.4 Å². The number of aryl methyl sites for hydroxylation is 2. The van der Waals surface area contributed by atoms with Crippen molar-refractivity contribution in [1.29, 1.82) is 0 Å². The lowest BCUT2D eigenvalue weighted by molar-refractivity contribution is -0.135. The smallest absolute Gasteiger partial charge is 0.267 e. The number of aromatic nitrogens is 2. The van der Waals surface area contributed by atoms with E-state index < -0.39 is 5.91 Å². The molecule has 2 aliphatic rings. The number of halogens is 1. The lowest BCUT2D eigenvalue weighted by atomic mass is 9.97. The predicted molar refractivity (Wildman–Crippen MR) is 129 cm³/mol. The summed E-state index contributed by atoms with van der Waals surface area (Å²) in [7, 11) is 1.53. The molecule has 0 unspecified atom stereocenters. The minimum absolute atomic E-state index is 0.199. The lowest BCUT2D eigenvalue weighted by Gasteiger charge is -2.30. The minimum atomic E-state index is -0.401. The van der Waals surface area contributed by atoms with Crippen LogP contribution in [0, 0.1) is 12.8 Å². The second kappa shape index (κ2) is 9.91. The van der Waals surface area contributed by atoms with E-state index in [0.29, 0.717) is 16.6 Å². The van der Waals surface area contributed by atoms with Gasteiger partial charge in [-0.05, 0) is 55.9 Å². The second-order valence-electron chi connectivity index (χ2n) is 8.96. The number of likely N-dealkylation sites (tertiary alicyclic amines) is 1. The van der Waals surface area contributed by atoms with Crippen LogP contribution in [-0.2, 0) is 11.8 Å². The van der Waals surface area contributed by atoms with E-state index in [2.05, 4.69) is 16.5 Å². The number of anilines is 1. The van der Waals surface area contributed by atoms with Gasteiger partial charge in [-0.1, -0.05) is 36.1 Å². The maximum atomic E-state index is 12.8. The van der Waals surface area contributed by atoms with E-state index in [1.165, 1.54) is 29.6 Å². The van der Waals surface area contributed by atoms with Crippen molar-refractivity contribution in [3.63, 3.8) is 0 Å². The molecule has 2 aromatic rings. The summed E-state index contributed by atoms with van der Waals surface area (Å²) in [6.07, 6.45) is 9.40. The predicted octanol–water partition coefficient (Wildman–Crippen LogP) is 4.19. The zero-order chi connectivity index (χ0) is 23.5. The van der Waals surface area contributed by atoms with Gasteiger partial charge in [0.05, 0.1) is 17.4 Å². The first-order valence-corrected chi connectivity index (χ1v) is 11.8. The Morgan fingerprint density at radius 1 is 1.15 bits per heavy atom. The van der Waals surface area contributed by atoms with Gasteiger partial charge in [-0.15, -0.1) is 0 Å². The summed E-state index contributed by atoms with van der Waals surface area (Å²) in [5.74, 6) is 0.111. The normalized spacial score (nSPS) is 16.7. The molecule has 1 saturated heterocycles. The summed E-state index contributed by atoms with van der Waals surface area (Å²) in [6, 6.07) is 4.89. The molecule has 1 aliphatic carbocycles. The van der Waals surface area contributed by atoms with Crippen LogP contribution in [0.1, 0.15) is 60.0 Å². The number of carbonyl (C=O) groups excluding carboxylic acids is 2. The van der Waals surface area contributed by atoms with E-state index in [-0.39, 0.29) is 17.0 Å². The highest BCUT2D eigenvalue weighted by Crippen LogP contribution is 2.32. The number of hydrogen-bond donors (Lipinski definition) is 1. The Hall–Kier alpha value is -2.93. The van der Waals surface area contributed by atoms with E-state index in [1.54, 1.807) is 6.07 Å². The van der Waals surface area contributed by atoms with Crippen molar-refractivity contribution in [2.24, 2.45) is 13.0 Å². The summed E-state index contributed by atoms with van der Waals surface area (Å²) in [6.45, 7) is 3.33. The number of benzene rings is 1. The van der Waals surface area contributed by atoms with Gasteiger partial charge in [0.15, 0.2) is 0 Å². The van der Waals surface area contributed by atoms with Crippen molar-refractivity contribution >= 4 is 35.2 Å². The standard InChI is InChI=1S/C25H29ClN4O3/c1-16-11-21(26)13-19(23(16)28-24(32)20-14-22(31)29(2)27-15-20)12-17-7-9-30(10-8-17)25(33)18-5-3-4-6-18/h11-15,18H,3-10H2,1-2H3,(H,28,32). The molecule has 2 fully saturated rings. The second-order valence-corrected chi connectivity index (χ2v) is 9.39. The Morgan fingerprint density at radius 2 is 1.85 bits per heavy atom. The molecular formula is C25H29ClN4O3. The molecule has 0 radical (unpaired) electrons. The lowest BCUT2D eigenvalue weighted by Crippen LogP contribution is -2.39. The van der Waals surface area contributed by atoms with Crippen LogP contribution in [0.2, 0.25) is 5.02 Å². The van der Waals surface area contributed by atoms with E-state index in [4.69, 9.17) is 11.6 Å². The fourth-order valence-corrected chi connectivity index (χ4v) is 4.92. The molecule has 7 nitrogen and oxygen atoms in total. The number of nitrogens with zero attached hydrogens (tertiary/aromatic N) is 3. The number of nitrogens with one attached hydrogen (secondary N) is 1. The van der Waals surface area contributed by atoms with Gasteiger partial charge in [0.2, 0.25) is 5.91 Å². The van der Waals surface area contributed by atoms with Crippen molar-refractivity contribution in [1.82, 2.24) is 14.7 Å². The number of amides is 2. The van der Waals surface area contributed by atoms with Crippen molar-refractivity contribution in [2.75, 3.05) is 18.4 Å². The zero-order valence-corrected chi connectivity index (χ0v) is 19.8. The van der Waals surface area contributed by atoms with Crippen LogP contribution >= 0.6 is 11.6 Å². The van der Waals surface area contributed by atoms with E-state index in [9.17, 15) is 14.4 Å². The van der Waals surface area contributed by atoms with Gasteiger partial charge < -0.3 is 10.2 Å². The maximum absolute atomic E-state index is 12.8. The zero-order valence-electron chi connectivity index (χ0n) is 19.1. The van der Waals surface area contributed by atoms with E-state index in [0.717, 1.165) is 62.7 Å². The Bertz CT molecular complexity index is 1150. The third-order valence-corrected chi connectivity index (χ3v) is 6.80. The Morgan fingerprint density at radius 3 is 2.52 bits per heavy atom. The van der Waals surface area contributed by atoms with Crippen LogP contribution in [-0.4, -0.2) is 39.6 Å². The van der Waals surface area contributed by atoms with Crippen molar-refractivity contribution in [3.8, 4) is 0 Å². The molecule has 2 amide bonds. The average Bonchev–Trinajstić information content (AvgIpc) is 3.33. The third kappa shape index (κ3) is 5.36. The highest BCUT2D eigenvalue weighted by molar-refractivity contribution is 6.31. The molecule has 1 aromatic heterocycles. The minimum Gasteiger partial charge on any atom is -0.342 e. The summed E-state index contributed by atoms with van der Waals surface area (Å²) in [4.78, 5) is 39.4. The fourth-order valence-electron chi connectivity index (χ4n) is 4.64. The van der Waals surface area contributed by atoms with Crippen LogP contribution in [0.4, 0.5) is 5.69 Å². The molecule has 174 valence electrons. The van der Waals surface area contributed by atoms with Crippen LogP contribution < -0.4 is 10.9 Å². The van der Waals surface area contributed by atoms with Crippen molar-refractivity contribution < 1.29 is 9.59 Å². The molecule has 1 aromatic carbocycles. The Kier molecular flexibility index (Phi) is 6.98. The number of carbonyl (C=O) groups is 2. The van der Waals surface area contributed by atoms with Gasteiger partial charge in [-0.3, -0.25) is 14.4 Å². The molecule has 1 N–H and O–H groups in total. The number of hydrogen-bond acceptors (Lipinski definition) is 4.